The zero-order chi connectivity index (χ0) is 21.1. The predicted octanol–water partition coefficient (Wildman–Crippen LogP) is 4.76. The SMILES string of the molecule is O=C1NC(=S)N(c2ccccc2)C(=O)/C1=C\c1ccccc1Cc1ccccc1Cl. The van der Waals surface area contributed by atoms with Crippen molar-refractivity contribution in [1.29, 1.82) is 0 Å². The van der Waals surface area contributed by atoms with Gasteiger partial charge in [0.05, 0.1) is 5.69 Å². The summed E-state index contributed by atoms with van der Waals surface area (Å²) < 4.78 is 0. The van der Waals surface area contributed by atoms with Crippen LogP contribution in [-0.2, 0) is 16.0 Å². The lowest BCUT2D eigenvalue weighted by molar-refractivity contribution is -0.122. The minimum absolute atomic E-state index is 0.0269. The van der Waals surface area contributed by atoms with Crippen molar-refractivity contribution in [1.82, 2.24) is 5.32 Å². The quantitative estimate of drug-likeness (QED) is 0.367. The van der Waals surface area contributed by atoms with Crippen LogP contribution in [0.1, 0.15) is 16.7 Å². The summed E-state index contributed by atoms with van der Waals surface area (Å²) in [5.41, 5.74) is 3.33. The Kier molecular flexibility index (Phi) is 5.74. The number of halogens is 1. The van der Waals surface area contributed by atoms with Crippen LogP contribution in [0.3, 0.4) is 0 Å². The molecule has 0 spiro atoms. The lowest BCUT2D eigenvalue weighted by Crippen LogP contribution is -2.54. The van der Waals surface area contributed by atoms with E-state index in [9.17, 15) is 9.59 Å². The molecule has 30 heavy (non-hydrogen) atoms. The summed E-state index contributed by atoms with van der Waals surface area (Å²) >= 11 is 11.6. The van der Waals surface area contributed by atoms with Crippen LogP contribution in [0.5, 0.6) is 0 Å². The number of carbonyl (C=O) groups excluding carboxylic acids is 2. The molecule has 0 unspecified atom stereocenters. The summed E-state index contributed by atoms with van der Waals surface area (Å²) in [6.45, 7) is 0. The lowest BCUT2D eigenvalue weighted by atomic mass is 9.97. The van der Waals surface area contributed by atoms with Crippen molar-refractivity contribution in [2.24, 2.45) is 0 Å². The van der Waals surface area contributed by atoms with Crippen molar-refractivity contribution in [3.8, 4) is 0 Å². The van der Waals surface area contributed by atoms with Crippen molar-refractivity contribution in [3.05, 3.63) is 106 Å². The smallest absolute Gasteiger partial charge is 0.270 e. The molecular weight excluding hydrogens is 416 g/mol. The minimum Gasteiger partial charge on any atom is -0.298 e. The van der Waals surface area contributed by atoms with Gasteiger partial charge >= 0.3 is 0 Å². The standard InChI is InChI=1S/C24H17ClN2O2S/c25-21-13-7-6-10-18(21)14-16-8-4-5-9-17(16)15-20-22(28)26-24(30)27(23(20)29)19-11-2-1-3-12-19/h1-13,15H,14H2,(H,26,28,30)/b20-15-. The average molecular weight is 433 g/mol. The van der Waals surface area contributed by atoms with Gasteiger partial charge < -0.3 is 0 Å². The number of benzene rings is 3. The van der Waals surface area contributed by atoms with E-state index in [0.717, 1.165) is 16.7 Å². The Labute approximate surface area is 184 Å². The first-order valence-corrected chi connectivity index (χ1v) is 10.1. The van der Waals surface area contributed by atoms with E-state index in [4.69, 9.17) is 23.8 Å². The van der Waals surface area contributed by atoms with E-state index in [-0.39, 0.29) is 10.7 Å². The van der Waals surface area contributed by atoms with Gasteiger partial charge in [-0.15, -0.1) is 0 Å². The third-order valence-corrected chi connectivity index (χ3v) is 5.46. The van der Waals surface area contributed by atoms with Gasteiger partial charge in [0.25, 0.3) is 11.8 Å². The Hall–Kier alpha value is -3.28. The van der Waals surface area contributed by atoms with Crippen LogP contribution in [0.15, 0.2) is 84.4 Å². The molecule has 4 nitrogen and oxygen atoms in total. The van der Waals surface area contributed by atoms with E-state index in [1.165, 1.54) is 4.90 Å². The highest BCUT2D eigenvalue weighted by atomic mass is 35.5. The molecule has 0 saturated carbocycles. The topological polar surface area (TPSA) is 49.4 Å². The fourth-order valence-electron chi connectivity index (χ4n) is 3.31. The van der Waals surface area contributed by atoms with Gasteiger partial charge in [-0.25, -0.2) is 0 Å². The molecular formula is C24H17ClN2O2S. The zero-order valence-electron chi connectivity index (χ0n) is 15.8. The molecule has 0 aromatic heterocycles. The molecule has 3 aromatic rings. The van der Waals surface area contributed by atoms with E-state index >= 15 is 0 Å². The second kappa shape index (κ2) is 8.61. The first-order chi connectivity index (χ1) is 14.5. The Morgan fingerprint density at radius 3 is 2.23 bits per heavy atom. The van der Waals surface area contributed by atoms with E-state index in [2.05, 4.69) is 5.32 Å². The van der Waals surface area contributed by atoms with Crippen LogP contribution in [0.25, 0.3) is 6.08 Å². The van der Waals surface area contributed by atoms with Gasteiger partial charge in [-0.3, -0.25) is 19.8 Å². The molecule has 3 aromatic carbocycles. The van der Waals surface area contributed by atoms with E-state index < -0.39 is 11.8 Å². The molecule has 1 aliphatic heterocycles. The number of nitrogens with zero attached hydrogens (tertiary/aromatic N) is 1. The number of amides is 2. The maximum absolute atomic E-state index is 13.2. The van der Waals surface area contributed by atoms with Crippen molar-refractivity contribution in [3.63, 3.8) is 0 Å². The summed E-state index contributed by atoms with van der Waals surface area (Å²) in [5.74, 6) is -0.966. The molecule has 0 aliphatic carbocycles. The fraction of sp³-hybridized carbons (Fsp3) is 0.0417. The van der Waals surface area contributed by atoms with Crippen LogP contribution < -0.4 is 10.2 Å². The van der Waals surface area contributed by atoms with Gasteiger partial charge in [0.1, 0.15) is 5.57 Å². The molecule has 148 valence electrons. The van der Waals surface area contributed by atoms with Gasteiger partial charge in [0, 0.05) is 5.02 Å². The molecule has 0 atom stereocenters. The number of para-hydroxylation sites is 1. The summed E-state index contributed by atoms with van der Waals surface area (Å²) in [6.07, 6.45) is 2.19. The monoisotopic (exact) mass is 432 g/mol. The Bertz CT molecular complexity index is 1170. The average Bonchev–Trinajstić information content (AvgIpc) is 2.74. The molecule has 1 fully saturated rings. The maximum atomic E-state index is 13.2. The number of hydrogen-bond acceptors (Lipinski definition) is 3. The van der Waals surface area contributed by atoms with Gasteiger partial charge in [0.2, 0.25) is 0 Å². The zero-order valence-corrected chi connectivity index (χ0v) is 17.4. The Morgan fingerprint density at radius 1 is 0.867 bits per heavy atom. The molecule has 1 aliphatic rings. The first-order valence-electron chi connectivity index (χ1n) is 9.32. The number of hydrogen-bond donors (Lipinski definition) is 1. The van der Waals surface area contributed by atoms with Crippen LogP contribution in [0.2, 0.25) is 5.02 Å². The summed E-state index contributed by atoms with van der Waals surface area (Å²) in [5, 5.41) is 3.36. The van der Waals surface area contributed by atoms with Gasteiger partial charge in [-0.1, -0.05) is 72.3 Å². The molecule has 4 rings (SSSR count). The van der Waals surface area contributed by atoms with Crippen molar-refractivity contribution in [2.75, 3.05) is 4.90 Å². The van der Waals surface area contributed by atoms with Crippen molar-refractivity contribution < 1.29 is 9.59 Å². The minimum atomic E-state index is -0.510. The molecule has 6 heteroatoms. The summed E-state index contributed by atoms with van der Waals surface area (Å²) in [4.78, 5) is 27.1. The van der Waals surface area contributed by atoms with E-state index in [1.54, 1.807) is 18.2 Å². The molecule has 1 N–H and O–H groups in total. The van der Waals surface area contributed by atoms with E-state index in [0.29, 0.717) is 17.1 Å². The predicted molar refractivity (Wildman–Crippen MR) is 123 cm³/mol. The molecule has 0 radical (unpaired) electrons. The normalized spacial score (nSPS) is 15.4. The van der Waals surface area contributed by atoms with Crippen molar-refractivity contribution in [2.45, 2.75) is 6.42 Å². The molecule has 1 saturated heterocycles. The summed E-state index contributed by atoms with van der Waals surface area (Å²) in [6, 6.07) is 24.2. The molecule has 0 bridgehead atoms. The first kappa shape index (κ1) is 20.0. The third kappa shape index (κ3) is 4.03. The second-order valence-electron chi connectivity index (χ2n) is 6.76. The van der Waals surface area contributed by atoms with Crippen LogP contribution in [-0.4, -0.2) is 16.9 Å². The highest BCUT2D eigenvalue weighted by Crippen LogP contribution is 2.25. The maximum Gasteiger partial charge on any atom is 0.270 e. The van der Waals surface area contributed by atoms with Gasteiger partial charge in [-0.2, -0.15) is 0 Å². The van der Waals surface area contributed by atoms with E-state index in [1.807, 2.05) is 66.7 Å². The second-order valence-corrected chi connectivity index (χ2v) is 7.55. The lowest BCUT2D eigenvalue weighted by Gasteiger charge is -2.29. The van der Waals surface area contributed by atoms with Gasteiger partial charge in [-0.05, 0) is 59.6 Å². The van der Waals surface area contributed by atoms with Crippen LogP contribution in [0.4, 0.5) is 5.69 Å². The fourth-order valence-corrected chi connectivity index (χ4v) is 3.79. The van der Waals surface area contributed by atoms with Gasteiger partial charge in [0.15, 0.2) is 5.11 Å². The highest BCUT2D eigenvalue weighted by Gasteiger charge is 2.34. The van der Waals surface area contributed by atoms with Crippen molar-refractivity contribution >= 4 is 52.5 Å². The number of rotatable bonds is 4. The number of carbonyl (C=O) groups is 2. The third-order valence-electron chi connectivity index (χ3n) is 4.81. The van der Waals surface area contributed by atoms with Crippen LogP contribution >= 0.6 is 23.8 Å². The molecule has 1 heterocycles. The number of nitrogens with one attached hydrogen (secondary N) is 1. The Morgan fingerprint density at radius 2 is 1.50 bits per heavy atom. The number of anilines is 1. The largest absolute Gasteiger partial charge is 0.298 e. The molecule has 2 amide bonds. The Balaban J connectivity index is 1.72. The van der Waals surface area contributed by atoms with Crippen LogP contribution in [0, 0.1) is 0 Å². The highest BCUT2D eigenvalue weighted by molar-refractivity contribution is 7.80. The number of thiocarbonyl (C=S) groups is 1. The summed E-state index contributed by atoms with van der Waals surface area (Å²) in [7, 11) is 0.